The Labute approximate surface area is 93.9 Å². The Bertz CT molecular complexity index is 253. The van der Waals surface area contributed by atoms with E-state index in [1.807, 2.05) is 0 Å². The van der Waals surface area contributed by atoms with Crippen LogP contribution in [0, 0.1) is 12.0 Å². The summed E-state index contributed by atoms with van der Waals surface area (Å²) in [7, 11) is 0. The van der Waals surface area contributed by atoms with Gasteiger partial charge in [-0.3, -0.25) is 0 Å². The summed E-state index contributed by atoms with van der Waals surface area (Å²) < 4.78 is 0. The fourth-order valence-electron chi connectivity index (χ4n) is 1.50. The second kappa shape index (κ2) is 6.62. The molecule has 0 unspecified atom stereocenters. The number of nitrogens with one attached hydrogen (secondary N) is 1. The molecule has 1 nitrogen and oxygen atoms in total. The molecule has 0 aliphatic rings. The molecule has 83 valence electrons. The molecule has 1 N–H and O–H groups in total. The lowest BCUT2D eigenvalue weighted by Gasteiger charge is -2.17. The predicted octanol–water partition coefficient (Wildman–Crippen LogP) is 3.42. The highest BCUT2D eigenvalue weighted by molar-refractivity contribution is 5.18. The Hall–Kier alpha value is -0.820. The quantitative estimate of drug-likeness (QED) is 0.748. The van der Waals surface area contributed by atoms with E-state index in [9.17, 15) is 0 Å². The minimum atomic E-state index is 0.710. The Morgan fingerprint density at radius 3 is 2.40 bits per heavy atom. The molecule has 0 spiro atoms. The average molecular weight is 204 g/mol. The lowest BCUT2D eigenvalue weighted by Crippen LogP contribution is -2.26. The molecule has 1 aromatic rings. The maximum Gasteiger partial charge on any atom is 0.0405 e. The smallest absolute Gasteiger partial charge is 0.0405 e. The summed E-state index contributed by atoms with van der Waals surface area (Å²) in [5, 5.41) is 3.53. The van der Waals surface area contributed by atoms with Gasteiger partial charge in [-0.1, -0.05) is 51.1 Å². The standard InChI is InChI=1S/C14H22N/c1-4-14(15-11-12(2)3)10-13-8-6-5-7-9-13/h5-9,12,15H,4,10-11H2,1-3H3. The lowest BCUT2D eigenvalue weighted by atomic mass is 10.0. The Morgan fingerprint density at radius 1 is 1.20 bits per heavy atom. The van der Waals surface area contributed by atoms with Gasteiger partial charge < -0.3 is 5.32 Å². The van der Waals surface area contributed by atoms with Gasteiger partial charge in [0.25, 0.3) is 0 Å². The summed E-state index contributed by atoms with van der Waals surface area (Å²) in [5.41, 5.74) is 1.39. The van der Waals surface area contributed by atoms with E-state index < -0.39 is 0 Å². The number of benzene rings is 1. The third-order valence-electron chi connectivity index (χ3n) is 2.45. The summed E-state index contributed by atoms with van der Waals surface area (Å²) in [5.74, 6) is 0.710. The SMILES string of the molecule is CC[C](Cc1ccccc1)NCC(C)C. The second-order valence-corrected chi connectivity index (χ2v) is 4.39. The number of hydrogen-bond donors (Lipinski definition) is 1. The number of rotatable bonds is 6. The minimum Gasteiger partial charge on any atom is -0.309 e. The highest BCUT2D eigenvalue weighted by atomic mass is 14.9. The average Bonchev–Trinajstić information content (AvgIpc) is 2.25. The van der Waals surface area contributed by atoms with Crippen molar-refractivity contribution in [3.05, 3.63) is 41.9 Å². The van der Waals surface area contributed by atoms with Crippen LogP contribution in [0.5, 0.6) is 0 Å². The van der Waals surface area contributed by atoms with E-state index in [1.165, 1.54) is 11.6 Å². The molecule has 1 heteroatoms. The van der Waals surface area contributed by atoms with E-state index >= 15 is 0 Å². The van der Waals surface area contributed by atoms with Gasteiger partial charge in [-0.15, -0.1) is 0 Å². The molecule has 0 fully saturated rings. The van der Waals surface area contributed by atoms with E-state index in [4.69, 9.17) is 0 Å². The molecule has 0 atom stereocenters. The first kappa shape index (κ1) is 12.3. The van der Waals surface area contributed by atoms with Crippen LogP contribution in [-0.2, 0) is 6.42 Å². The van der Waals surface area contributed by atoms with Crippen LogP contribution in [0.15, 0.2) is 30.3 Å². The molecular formula is C14H22N. The van der Waals surface area contributed by atoms with Crippen molar-refractivity contribution in [3.8, 4) is 0 Å². The van der Waals surface area contributed by atoms with Crippen molar-refractivity contribution < 1.29 is 0 Å². The minimum absolute atomic E-state index is 0.710. The predicted molar refractivity (Wildman–Crippen MR) is 66.5 cm³/mol. The molecular weight excluding hydrogens is 182 g/mol. The number of hydrogen-bond acceptors (Lipinski definition) is 1. The van der Waals surface area contributed by atoms with Crippen LogP contribution in [0.4, 0.5) is 0 Å². The van der Waals surface area contributed by atoms with Gasteiger partial charge in [0.1, 0.15) is 0 Å². The van der Waals surface area contributed by atoms with Gasteiger partial charge in [0.15, 0.2) is 0 Å². The van der Waals surface area contributed by atoms with E-state index in [0.29, 0.717) is 5.92 Å². The molecule has 15 heavy (non-hydrogen) atoms. The monoisotopic (exact) mass is 204 g/mol. The summed E-state index contributed by atoms with van der Waals surface area (Å²) >= 11 is 0. The van der Waals surface area contributed by atoms with Gasteiger partial charge in [0.2, 0.25) is 0 Å². The lowest BCUT2D eigenvalue weighted by molar-refractivity contribution is 0.533. The van der Waals surface area contributed by atoms with Crippen LogP contribution in [0.25, 0.3) is 0 Å². The van der Waals surface area contributed by atoms with Gasteiger partial charge in [0.05, 0.1) is 0 Å². The molecule has 1 radical (unpaired) electrons. The molecule has 0 saturated heterocycles. The summed E-state index contributed by atoms with van der Waals surface area (Å²) in [6, 6.07) is 12.1. The van der Waals surface area contributed by atoms with Crippen molar-refractivity contribution in [2.75, 3.05) is 6.54 Å². The van der Waals surface area contributed by atoms with Crippen molar-refractivity contribution in [3.63, 3.8) is 0 Å². The van der Waals surface area contributed by atoms with Crippen LogP contribution in [0.3, 0.4) is 0 Å². The van der Waals surface area contributed by atoms with Gasteiger partial charge in [0, 0.05) is 6.04 Å². The van der Waals surface area contributed by atoms with E-state index in [2.05, 4.69) is 56.4 Å². The molecule has 0 aliphatic heterocycles. The summed E-state index contributed by atoms with van der Waals surface area (Å²) in [6.45, 7) is 7.77. The first-order valence-corrected chi connectivity index (χ1v) is 5.84. The topological polar surface area (TPSA) is 12.0 Å². The molecule has 0 heterocycles. The third kappa shape index (κ3) is 4.98. The molecule has 1 aromatic carbocycles. The van der Waals surface area contributed by atoms with E-state index in [0.717, 1.165) is 19.4 Å². The van der Waals surface area contributed by atoms with E-state index in [1.54, 1.807) is 0 Å². The zero-order chi connectivity index (χ0) is 11.1. The zero-order valence-corrected chi connectivity index (χ0v) is 10.1. The normalized spacial score (nSPS) is 11.3. The maximum atomic E-state index is 3.53. The maximum absolute atomic E-state index is 3.53. The molecule has 0 saturated carbocycles. The van der Waals surface area contributed by atoms with Gasteiger partial charge in [-0.05, 0) is 30.9 Å². The van der Waals surface area contributed by atoms with Crippen molar-refractivity contribution in [1.82, 2.24) is 5.32 Å². The van der Waals surface area contributed by atoms with Gasteiger partial charge >= 0.3 is 0 Å². The molecule has 0 amide bonds. The van der Waals surface area contributed by atoms with Crippen LogP contribution in [0.2, 0.25) is 0 Å². The third-order valence-corrected chi connectivity index (χ3v) is 2.45. The van der Waals surface area contributed by atoms with Crippen LogP contribution >= 0.6 is 0 Å². The first-order valence-electron chi connectivity index (χ1n) is 5.84. The van der Waals surface area contributed by atoms with Gasteiger partial charge in [-0.2, -0.15) is 0 Å². The van der Waals surface area contributed by atoms with Crippen molar-refractivity contribution >= 4 is 0 Å². The second-order valence-electron chi connectivity index (χ2n) is 4.39. The summed E-state index contributed by atoms with van der Waals surface area (Å²) in [4.78, 5) is 0. The highest BCUT2D eigenvalue weighted by Crippen LogP contribution is 2.11. The fraction of sp³-hybridized carbons (Fsp3) is 0.500. The Kier molecular flexibility index (Phi) is 5.41. The van der Waals surface area contributed by atoms with Crippen LogP contribution < -0.4 is 5.32 Å². The van der Waals surface area contributed by atoms with Crippen molar-refractivity contribution in [2.24, 2.45) is 5.92 Å². The molecule has 0 aromatic heterocycles. The fourth-order valence-corrected chi connectivity index (χ4v) is 1.50. The van der Waals surface area contributed by atoms with Crippen LogP contribution in [0.1, 0.15) is 32.8 Å². The first-order chi connectivity index (χ1) is 7.22. The molecule has 0 bridgehead atoms. The largest absolute Gasteiger partial charge is 0.309 e. The Balaban J connectivity index is 2.40. The van der Waals surface area contributed by atoms with Crippen molar-refractivity contribution in [2.45, 2.75) is 33.6 Å². The van der Waals surface area contributed by atoms with Crippen molar-refractivity contribution in [1.29, 1.82) is 0 Å². The van der Waals surface area contributed by atoms with Crippen LogP contribution in [-0.4, -0.2) is 6.54 Å². The zero-order valence-electron chi connectivity index (χ0n) is 10.1. The molecule has 0 aliphatic carbocycles. The molecule has 1 rings (SSSR count). The Morgan fingerprint density at radius 2 is 1.87 bits per heavy atom. The highest BCUT2D eigenvalue weighted by Gasteiger charge is 2.07. The van der Waals surface area contributed by atoms with Gasteiger partial charge in [-0.25, -0.2) is 0 Å². The van der Waals surface area contributed by atoms with E-state index in [-0.39, 0.29) is 0 Å². The summed E-state index contributed by atoms with van der Waals surface area (Å²) in [6.07, 6.45) is 2.17.